The van der Waals surface area contributed by atoms with E-state index in [0.29, 0.717) is 11.6 Å². The van der Waals surface area contributed by atoms with Crippen molar-refractivity contribution in [2.75, 3.05) is 0 Å². The lowest BCUT2D eigenvalue weighted by atomic mass is 10.6. The summed E-state index contributed by atoms with van der Waals surface area (Å²) in [7, 11) is 1.80. The van der Waals surface area contributed by atoms with E-state index in [1.165, 1.54) is 6.33 Å². The molecule has 1 N–H and O–H groups in total. The minimum Gasteiger partial charge on any atom is -0.257 e. The molecule has 6 nitrogen and oxygen atoms in total. The molecule has 0 aliphatic heterocycles. The van der Waals surface area contributed by atoms with Gasteiger partial charge in [-0.25, -0.2) is 9.97 Å². The molecule has 11 heavy (non-hydrogen) atoms. The van der Waals surface area contributed by atoms with Crippen LogP contribution in [0.1, 0.15) is 0 Å². The van der Waals surface area contributed by atoms with E-state index < -0.39 is 0 Å². The standard InChI is InChI=1S/C5H6N6/c1-11-3-7-5(10-11)4-6-2-8-9-4/h2-3H,1H3,(H,6,8,9). The molecule has 0 saturated carbocycles. The maximum Gasteiger partial charge on any atom is 0.218 e. The van der Waals surface area contributed by atoms with Gasteiger partial charge in [0, 0.05) is 7.05 Å². The molecule has 0 bridgehead atoms. The SMILES string of the molecule is Cn1cnc(-c2ncn[nH]2)n1. The van der Waals surface area contributed by atoms with Crippen LogP contribution in [0.15, 0.2) is 12.7 Å². The fourth-order valence-corrected chi connectivity index (χ4v) is 0.761. The summed E-state index contributed by atoms with van der Waals surface area (Å²) in [5, 5.41) is 10.4. The van der Waals surface area contributed by atoms with Gasteiger partial charge in [0.05, 0.1) is 0 Å². The highest BCUT2D eigenvalue weighted by Crippen LogP contribution is 2.03. The Morgan fingerprint density at radius 3 is 2.91 bits per heavy atom. The van der Waals surface area contributed by atoms with Crippen LogP contribution in [0.4, 0.5) is 0 Å². The summed E-state index contributed by atoms with van der Waals surface area (Å²) in [5.41, 5.74) is 0. The number of rotatable bonds is 1. The zero-order valence-corrected chi connectivity index (χ0v) is 5.89. The Kier molecular flexibility index (Phi) is 1.18. The van der Waals surface area contributed by atoms with Crippen molar-refractivity contribution in [3.8, 4) is 11.6 Å². The first-order chi connectivity index (χ1) is 5.36. The van der Waals surface area contributed by atoms with Crippen molar-refractivity contribution < 1.29 is 0 Å². The van der Waals surface area contributed by atoms with Crippen molar-refractivity contribution in [3.63, 3.8) is 0 Å². The lowest BCUT2D eigenvalue weighted by Crippen LogP contribution is -1.88. The molecule has 0 unspecified atom stereocenters. The molecule has 0 radical (unpaired) electrons. The number of hydrogen-bond donors (Lipinski definition) is 1. The molecular formula is C5H6N6. The molecule has 56 valence electrons. The van der Waals surface area contributed by atoms with Gasteiger partial charge in [-0.05, 0) is 0 Å². The Morgan fingerprint density at radius 2 is 2.36 bits per heavy atom. The maximum absolute atomic E-state index is 4.02. The van der Waals surface area contributed by atoms with Gasteiger partial charge in [0.2, 0.25) is 5.82 Å². The minimum atomic E-state index is 0.560. The second-order valence-corrected chi connectivity index (χ2v) is 2.08. The van der Waals surface area contributed by atoms with Crippen molar-refractivity contribution in [2.24, 2.45) is 7.05 Å². The smallest absolute Gasteiger partial charge is 0.218 e. The Bertz CT molecular complexity index is 333. The molecule has 0 spiro atoms. The van der Waals surface area contributed by atoms with Crippen LogP contribution in [-0.4, -0.2) is 29.9 Å². The topological polar surface area (TPSA) is 72.3 Å². The van der Waals surface area contributed by atoms with Crippen LogP contribution in [0.5, 0.6) is 0 Å². The number of H-pyrrole nitrogens is 1. The molecule has 6 heteroatoms. The van der Waals surface area contributed by atoms with E-state index >= 15 is 0 Å². The van der Waals surface area contributed by atoms with E-state index in [-0.39, 0.29) is 0 Å². The third kappa shape index (κ3) is 0.977. The van der Waals surface area contributed by atoms with Gasteiger partial charge in [0.1, 0.15) is 12.7 Å². The molecule has 2 heterocycles. The average molecular weight is 150 g/mol. The predicted molar refractivity (Wildman–Crippen MR) is 36.4 cm³/mol. The molecule has 2 aromatic rings. The Morgan fingerprint density at radius 1 is 1.45 bits per heavy atom. The van der Waals surface area contributed by atoms with Crippen molar-refractivity contribution in [2.45, 2.75) is 0 Å². The molecule has 0 saturated heterocycles. The van der Waals surface area contributed by atoms with Crippen LogP contribution in [0.25, 0.3) is 11.6 Å². The number of hydrogen-bond acceptors (Lipinski definition) is 4. The molecule has 0 aromatic carbocycles. The average Bonchev–Trinajstić information content (AvgIpc) is 2.55. The van der Waals surface area contributed by atoms with Crippen molar-refractivity contribution in [3.05, 3.63) is 12.7 Å². The Balaban J connectivity index is 2.45. The Hall–Kier alpha value is -1.72. The molecule has 0 amide bonds. The van der Waals surface area contributed by atoms with Gasteiger partial charge in [-0.1, -0.05) is 0 Å². The van der Waals surface area contributed by atoms with Gasteiger partial charge in [0.25, 0.3) is 0 Å². The van der Waals surface area contributed by atoms with Crippen LogP contribution in [0.3, 0.4) is 0 Å². The highest BCUT2D eigenvalue weighted by molar-refractivity contribution is 5.39. The molecule has 0 atom stereocenters. The third-order valence-electron chi connectivity index (χ3n) is 1.23. The van der Waals surface area contributed by atoms with Gasteiger partial charge in [-0.3, -0.25) is 9.78 Å². The van der Waals surface area contributed by atoms with E-state index in [2.05, 4.69) is 25.3 Å². The van der Waals surface area contributed by atoms with Crippen LogP contribution >= 0.6 is 0 Å². The summed E-state index contributed by atoms with van der Waals surface area (Å²) < 4.78 is 1.61. The van der Waals surface area contributed by atoms with E-state index in [4.69, 9.17) is 0 Å². The van der Waals surface area contributed by atoms with E-state index in [0.717, 1.165) is 0 Å². The third-order valence-corrected chi connectivity index (χ3v) is 1.23. The highest BCUT2D eigenvalue weighted by Gasteiger charge is 2.03. The van der Waals surface area contributed by atoms with E-state index in [9.17, 15) is 0 Å². The highest BCUT2D eigenvalue weighted by atomic mass is 15.3. The summed E-state index contributed by atoms with van der Waals surface area (Å²) in [5.74, 6) is 1.15. The normalized spacial score (nSPS) is 10.3. The van der Waals surface area contributed by atoms with Crippen LogP contribution < -0.4 is 0 Å². The summed E-state index contributed by atoms with van der Waals surface area (Å²) in [6.45, 7) is 0. The first kappa shape index (κ1) is 6.02. The number of nitrogens with zero attached hydrogens (tertiary/aromatic N) is 5. The predicted octanol–water partition coefficient (Wildman–Crippen LogP) is -0.400. The fourth-order valence-electron chi connectivity index (χ4n) is 0.761. The second-order valence-electron chi connectivity index (χ2n) is 2.08. The summed E-state index contributed by atoms with van der Waals surface area (Å²) in [6.07, 6.45) is 3.03. The first-order valence-corrected chi connectivity index (χ1v) is 3.07. The minimum absolute atomic E-state index is 0.560. The molecule has 0 fully saturated rings. The molecular weight excluding hydrogens is 144 g/mol. The van der Waals surface area contributed by atoms with E-state index in [1.807, 2.05) is 0 Å². The van der Waals surface area contributed by atoms with E-state index in [1.54, 1.807) is 18.1 Å². The van der Waals surface area contributed by atoms with Gasteiger partial charge in [-0.15, -0.1) is 5.10 Å². The number of nitrogens with one attached hydrogen (secondary N) is 1. The second kappa shape index (κ2) is 2.15. The van der Waals surface area contributed by atoms with Crippen LogP contribution in [0.2, 0.25) is 0 Å². The number of aryl methyl sites for hydroxylation is 1. The summed E-state index contributed by atoms with van der Waals surface area (Å²) >= 11 is 0. The van der Waals surface area contributed by atoms with Crippen LogP contribution in [0, 0.1) is 0 Å². The molecule has 2 aromatic heterocycles. The quantitative estimate of drug-likeness (QED) is 0.600. The lowest BCUT2D eigenvalue weighted by molar-refractivity contribution is 0.766. The van der Waals surface area contributed by atoms with Gasteiger partial charge < -0.3 is 0 Å². The van der Waals surface area contributed by atoms with Gasteiger partial charge in [0.15, 0.2) is 5.82 Å². The number of aromatic amines is 1. The fraction of sp³-hybridized carbons (Fsp3) is 0.200. The van der Waals surface area contributed by atoms with Gasteiger partial charge >= 0.3 is 0 Å². The first-order valence-electron chi connectivity index (χ1n) is 3.07. The summed E-state index contributed by atoms with van der Waals surface area (Å²) in [6, 6.07) is 0. The lowest BCUT2D eigenvalue weighted by Gasteiger charge is -1.83. The number of aromatic nitrogens is 6. The van der Waals surface area contributed by atoms with Gasteiger partial charge in [-0.2, -0.15) is 5.10 Å². The molecule has 0 aliphatic carbocycles. The monoisotopic (exact) mass is 150 g/mol. The molecule has 0 aliphatic rings. The maximum atomic E-state index is 4.02. The van der Waals surface area contributed by atoms with Crippen molar-refractivity contribution in [1.82, 2.24) is 29.9 Å². The summed E-state index contributed by atoms with van der Waals surface area (Å²) in [4.78, 5) is 7.87. The zero-order valence-electron chi connectivity index (χ0n) is 5.89. The van der Waals surface area contributed by atoms with Crippen molar-refractivity contribution in [1.29, 1.82) is 0 Å². The van der Waals surface area contributed by atoms with Crippen LogP contribution in [-0.2, 0) is 7.05 Å². The zero-order chi connectivity index (χ0) is 7.68. The largest absolute Gasteiger partial charge is 0.257 e. The molecule has 2 rings (SSSR count). The van der Waals surface area contributed by atoms with Crippen molar-refractivity contribution >= 4 is 0 Å². The Labute approximate surface area is 62.3 Å².